The molecule has 0 unspecified atom stereocenters. The number of aryl methyl sites for hydroxylation is 1. The van der Waals surface area contributed by atoms with Gasteiger partial charge in [0.1, 0.15) is 0 Å². The van der Waals surface area contributed by atoms with Crippen molar-refractivity contribution in [2.75, 3.05) is 0 Å². The molecule has 0 fully saturated rings. The highest BCUT2D eigenvalue weighted by Crippen LogP contribution is 2.26. The van der Waals surface area contributed by atoms with Crippen molar-refractivity contribution in [3.05, 3.63) is 34.7 Å². The summed E-state index contributed by atoms with van der Waals surface area (Å²) in [6, 6.07) is 0. The van der Waals surface area contributed by atoms with Crippen molar-refractivity contribution < 1.29 is 4.79 Å². The topological polar surface area (TPSA) is 56.0 Å². The molecule has 0 aliphatic heterocycles. The van der Waals surface area contributed by atoms with E-state index in [9.17, 15) is 4.79 Å². The average molecular weight is 174 g/mol. The Bertz CT molecular complexity index is 407. The predicted molar refractivity (Wildman–Crippen MR) is 49.8 cm³/mol. The molecule has 66 valence electrons. The normalized spacial score (nSPS) is 13.8. The standard InChI is InChI=1S/C10H10N2O/c1-6-4-12-5-8-2-7(10(11)13)3-9(6)8/h3-5H,2H2,1H3,(H2,11,13). The van der Waals surface area contributed by atoms with Crippen LogP contribution in [0.1, 0.15) is 16.7 Å². The Morgan fingerprint density at radius 3 is 2.92 bits per heavy atom. The van der Waals surface area contributed by atoms with Gasteiger partial charge in [0.05, 0.1) is 0 Å². The monoisotopic (exact) mass is 174 g/mol. The SMILES string of the molecule is Cc1cncc2c1C=C(C(N)=O)C2. The number of amides is 1. The summed E-state index contributed by atoms with van der Waals surface area (Å²) < 4.78 is 0. The molecular weight excluding hydrogens is 164 g/mol. The molecule has 13 heavy (non-hydrogen) atoms. The number of nitrogens with zero attached hydrogens (tertiary/aromatic N) is 1. The van der Waals surface area contributed by atoms with Gasteiger partial charge in [-0.25, -0.2) is 0 Å². The summed E-state index contributed by atoms with van der Waals surface area (Å²) in [5.74, 6) is -0.337. The molecule has 1 aromatic rings. The van der Waals surface area contributed by atoms with E-state index in [0.29, 0.717) is 12.0 Å². The summed E-state index contributed by atoms with van der Waals surface area (Å²) >= 11 is 0. The van der Waals surface area contributed by atoms with Crippen molar-refractivity contribution in [2.45, 2.75) is 13.3 Å². The quantitative estimate of drug-likeness (QED) is 0.685. The van der Waals surface area contributed by atoms with Crippen LogP contribution in [0.5, 0.6) is 0 Å². The minimum atomic E-state index is -0.337. The zero-order chi connectivity index (χ0) is 9.42. The van der Waals surface area contributed by atoms with E-state index in [1.165, 1.54) is 0 Å². The van der Waals surface area contributed by atoms with E-state index in [4.69, 9.17) is 5.73 Å². The van der Waals surface area contributed by atoms with Gasteiger partial charge in [-0.3, -0.25) is 9.78 Å². The average Bonchev–Trinajstić information content (AvgIpc) is 2.49. The highest BCUT2D eigenvalue weighted by molar-refractivity contribution is 5.99. The predicted octanol–water partition coefficient (Wildman–Crippen LogP) is 0.815. The maximum absolute atomic E-state index is 10.9. The number of hydrogen-bond acceptors (Lipinski definition) is 2. The fourth-order valence-corrected chi connectivity index (χ4v) is 1.57. The van der Waals surface area contributed by atoms with Gasteiger partial charge in [-0.05, 0) is 29.7 Å². The van der Waals surface area contributed by atoms with Gasteiger partial charge in [-0.2, -0.15) is 0 Å². The number of carbonyl (C=O) groups excluding carboxylic acids is 1. The van der Waals surface area contributed by atoms with Crippen LogP contribution in [0.25, 0.3) is 6.08 Å². The molecule has 0 atom stereocenters. The van der Waals surface area contributed by atoms with Crippen LogP contribution in [-0.2, 0) is 11.2 Å². The third-order valence-electron chi connectivity index (χ3n) is 2.29. The van der Waals surface area contributed by atoms with Gasteiger partial charge in [-0.1, -0.05) is 0 Å². The van der Waals surface area contributed by atoms with Crippen LogP contribution in [0, 0.1) is 6.92 Å². The van der Waals surface area contributed by atoms with Crippen molar-refractivity contribution in [3.63, 3.8) is 0 Å². The minimum absolute atomic E-state index is 0.337. The van der Waals surface area contributed by atoms with Crippen molar-refractivity contribution >= 4 is 12.0 Å². The molecule has 1 aliphatic rings. The largest absolute Gasteiger partial charge is 0.366 e. The number of carbonyl (C=O) groups is 1. The first kappa shape index (κ1) is 7.98. The van der Waals surface area contributed by atoms with Crippen LogP contribution in [0.3, 0.4) is 0 Å². The molecule has 2 N–H and O–H groups in total. The Morgan fingerprint density at radius 1 is 1.54 bits per heavy atom. The molecule has 1 heterocycles. The van der Waals surface area contributed by atoms with Gasteiger partial charge in [0.2, 0.25) is 5.91 Å². The molecule has 2 rings (SSSR count). The van der Waals surface area contributed by atoms with Crippen molar-refractivity contribution in [1.82, 2.24) is 4.98 Å². The first-order chi connectivity index (χ1) is 6.18. The maximum Gasteiger partial charge on any atom is 0.244 e. The lowest BCUT2D eigenvalue weighted by Gasteiger charge is -1.99. The molecule has 1 amide bonds. The second-order valence-electron chi connectivity index (χ2n) is 3.24. The molecular formula is C10H10N2O. The lowest BCUT2D eigenvalue weighted by atomic mass is 10.1. The molecule has 1 aromatic heterocycles. The fourth-order valence-electron chi connectivity index (χ4n) is 1.57. The second-order valence-corrected chi connectivity index (χ2v) is 3.24. The lowest BCUT2D eigenvalue weighted by molar-refractivity contribution is -0.114. The molecule has 0 bridgehead atoms. The first-order valence-electron chi connectivity index (χ1n) is 4.12. The smallest absolute Gasteiger partial charge is 0.244 e. The highest BCUT2D eigenvalue weighted by atomic mass is 16.1. The number of aromatic nitrogens is 1. The van der Waals surface area contributed by atoms with E-state index < -0.39 is 0 Å². The van der Waals surface area contributed by atoms with E-state index in [-0.39, 0.29) is 5.91 Å². The summed E-state index contributed by atoms with van der Waals surface area (Å²) in [6.07, 6.45) is 6.06. The van der Waals surface area contributed by atoms with Crippen molar-refractivity contribution in [3.8, 4) is 0 Å². The molecule has 0 radical (unpaired) electrons. The number of fused-ring (bicyclic) bond motifs is 1. The van der Waals surface area contributed by atoms with E-state index in [1.54, 1.807) is 12.4 Å². The van der Waals surface area contributed by atoms with Crippen LogP contribution in [0.2, 0.25) is 0 Å². The summed E-state index contributed by atoms with van der Waals surface area (Å²) in [7, 11) is 0. The van der Waals surface area contributed by atoms with E-state index in [1.807, 2.05) is 13.0 Å². The highest BCUT2D eigenvalue weighted by Gasteiger charge is 2.17. The molecule has 3 nitrogen and oxygen atoms in total. The van der Waals surface area contributed by atoms with Crippen LogP contribution in [-0.4, -0.2) is 10.9 Å². The second kappa shape index (κ2) is 2.69. The lowest BCUT2D eigenvalue weighted by Crippen LogP contribution is -2.13. The summed E-state index contributed by atoms with van der Waals surface area (Å²) in [5.41, 5.74) is 9.16. The van der Waals surface area contributed by atoms with E-state index >= 15 is 0 Å². The van der Waals surface area contributed by atoms with Crippen LogP contribution >= 0.6 is 0 Å². The number of pyridine rings is 1. The summed E-state index contributed by atoms with van der Waals surface area (Å²) in [5, 5.41) is 0. The summed E-state index contributed by atoms with van der Waals surface area (Å²) in [6.45, 7) is 1.98. The van der Waals surface area contributed by atoms with Gasteiger partial charge in [0, 0.05) is 24.4 Å². The zero-order valence-corrected chi connectivity index (χ0v) is 7.37. The molecule has 0 saturated carbocycles. The Kier molecular flexibility index (Phi) is 1.65. The van der Waals surface area contributed by atoms with Gasteiger partial charge >= 0.3 is 0 Å². The number of rotatable bonds is 1. The molecule has 0 spiro atoms. The van der Waals surface area contributed by atoms with Crippen molar-refractivity contribution in [1.29, 1.82) is 0 Å². The number of hydrogen-bond donors (Lipinski definition) is 1. The Morgan fingerprint density at radius 2 is 2.31 bits per heavy atom. The van der Waals surface area contributed by atoms with Crippen LogP contribution < -0.4 is 5.73 Å². The first-order valence-corrected chi connectivity index (χ1v) is 4.12. The van der Waals surface area contributed by atoms with Gasteiger partial charge in [-0.15, -0.1) is 0 Å². The van der Waals surface area contributed by atoms with Crippen LogP contribution in [0.4, 0.5) is 0 Å². The van der Waals surface area contributed by atoms with Gasteiger partial charge in [0.15, 0.2) is 0 Å². The third kappa shape index (κ3) is 1.22. The molecule has 0 aromatic carbocycles. The molecule has 0 saturated heterocycles. The molecule has 1 aliphatic carbocycles. The minimum Gasteiger partial charge on any atom is -0.366 e. The third-order valence-corrected chi connectivity index (χ3v) is 2.29. The number of primary amides is 1. The van der Waals surface area contributed by atoms with Crippen LogP contribution in [0.15, 0.2) is 18.0 Å². The maximum atomic E-state index is 10.9. The summed E-state index contributed by atoms with van der Waals surface area (Å²) in [4.78, 5) is 15.0. The van der Waals surface area contributed by atoms with Crippen molar-refractivity contribution in [2.24, 2.45) is 5.73 Å². The van der Waals surface area contributed by atoms with Gasteiger partial charge in [0.25, 0.3) is 0 Å². The van der Waals surface area contributed by atoms with E-state index in [2.05, 4.69) is 4.98 Å². The zero-order valence-electron chi connectivity index (χ0n) is 7.37. The Hall–Kier alpha value is -1.64. The Labute approximate surface area is 76.3 Å². The molecule has 3 heteroatoms. The Balaban J connectivity index is 2.49. The number of nitrogens with two attached hydrogens (primary N) is 1. The van der Waals surface area contributed by atoms with Gasteiger partial charge < -0.3 is 5.73 Å². The van der Waals surface area contributed by atoms with E-state index in [0.717, 1.165) is 16.7 Å². The fraction of sp³-hybridized carbons (Fsp3) is 0.200.